The minimum atomic E-state index is 0.704. The zero-order chi connectivity index (χ0) is 12.2. The van der Waals surface area contributed by atoms with E-state index in [1.54, 1.807) is 0 Å². The number of aromatic nitrogens is 1. The molecule has 2 fully saturated rings. The Kier molecular flexibility index (Phi) is 2.42. The third kappa shape index (κ3) is 1.57. The van der Waals surface area contributed by atoms with Gasteiger partial charge in [-0.15, -0.1) is 0 Å². The average molecular weight is 230 g/mol. The molecule has 3 atom stereocenters. The van der Waals surface area contributed by atoms with E-state index in [1.807, 2.05) is 0 Å². The standard InChI is InChI=1S/C15H22N2/c1-9-7-10(2)16-11(3)15(9)17-12(4)13-5-6-14(17)8-13/h7,12-14H,5-6,8H2,1-4H3. The number of piperidine rings is 1. The van der Waals surface area contributed by atoms with E-state index in [0.29, 0.717) is 6.04 Å². The molecule has 1 saturated heterocycles. The van der Waals surface area contributed by atoms with Crippen molar-refractivity contribution in [2.24, 2.45) is 5.92 Å². The van der Waals surface area contributed by atoms with Crippen LogP contribution >= 0.6 is 0 Å². The number of rotatable bonds is 1. The molecule has 1 aromatic heterocycles. The molecule has 0 N–H and O–H groups in total. The van der Waals surface area contributed by atoms with Gasteiger partial charge in [0.15, 0.2) is 0 Å². The van der Waals surface area contributed by atoms with Crippen LogP contribution in [0.1, 0.15) is 43.1 Å². The summed E-state index contributed by atoms with van der Waals surface area (Å²) in [6, 6.07) is 3.70. The Hall–Kier alpha value is -1.05. The summed E-state index contributed by atoms with van der Waals surface area (Å²) < 4.78 is 0. The molecule has 3 unspecified atom stereocenters. The predicted molar refractivity (Wildman–Crippen MR) is 71.5 cm³/mol. The first-order chi connectivity index (χ1) is 8.08. The Bertz CT molecular complexity index is 427. The Morgan fingerprint density at radius 2 is 2.00 bits per heavy atom. The molecule has 2 aliphatic rings. The van der Waals surface area contributed by atoms with Gasteiger partial charge < -0.3 is 4.90 Å². The summed E-state index contributed by atoms with van der Waals surface area (Å²) in [5.41, 5.74) is 5.16. The summed E-state index contributed by atoms with van der Waals surface area (Å²) in [4.78, 5) is 7.31. The molecule has 1 aliphatic heterocycles. The zero-order valence-electron chi connectivity index (χ0n) is 11.3. The Morgan fingerprint density at radius 3 is 2.59 bits per heavy atom. The number of aryl methyl sites for hydroxylation is 3. The van der Waals surface area contributed by atoms with Crippen molar-refractivity contribution in [1.29, 1.82) is 0 Å². The van der Waals surface area contributed by atoms with E-state index >= 15 is 0 Å². The second-order valence-electron chi connectivity index (χ2n) is 5.89. The van der Waals surface area contributed by atoms with Crippen molar-refractivity contribution >= 4 is 5.69 Å². The molecule has 92 valence electrons. The van der Waals surface area contributed by atoms with Gasteiger partial charge in [-0.2, -0.15) is 0 Å². The highest BCUT2D eigenvalue weighted by molar-refractivity contribution is 5.60. The lowest BCUT2D eigenvalue weighted by molar-refractivity contribution is 0.453. The molecule has 3 rings (SSSR count). The lowest BCUT2D eigenvalue weighted by atomic mass is 9.99. The maximum atomic E-state index is 4.66. The molecule has 1 saturated carbocycles. The number of nitrogens with zero attached hydrogens (tertiary/aromatic N) is 2. The molecule has 0 spiro atoms. The summed E-state index contributed by atoms with van der Waals surface area (Å²) in [5, 5.41) is 0. The highest BCUT2D eigenvalue weighted by Gasteiger charge is 2.44. The monoisotopic (exact) mass is 230 g/mol. The van der Waals surface area contributed by atoms with Crippen molar-refractivity contribution < 1.29 is 0 Å². The lowest BCUT2D eigenvalue weighted by Crippen LogP contribution is -2.40. The van der Waals surface area contributed by atoms with E-state index in [4.69, 9.17) is 0 Å². The Morgan fingerprint density at radius 1 is 1.24 bits per heavy atom. The van der Waals surface area contributed by atoms with E-state index in [-0.39, 0.29) is 0 Å². The quantitative estimate of drug-likeness (QED) is 0.735. The molecular formula is C15H22N2. The maximum Gasteiger partial charge on any atom is 0.0617 e. The van der Waals surface area contributed by atoms with Crippen LogP contribution in [0.2, 0.25) is 0 Å². The summed E-state index contributed by atoms with van der Waals surface area (Å²) in [5.74, 6) is 0.917. The number of hydrogen-bond donors (Lipinski definition) is 0. The molecule has 0 radical (unpaired) electrons. The largest absolute Gasteiger partial charge is 0.364 e. The van der Waals surface area contributed by atoms with Gasteiger partial charge >= 0.3 is 0 Å². The molecule has 2 heterocycles. The topological polar surface area (TPSA) is 16.1 Å². The molecule has 2 nitrogen and oxygen atoms in total. The molecule has 17 heavy (non-hydrogen) atoms. The van der Waals surface area contributed by atoms with E-state index in [0.717, 1.165) is 17.7 Å². The number of anilines is 1. The van der Waals surface area contributed by atoms with Gasteiger partial charge in [-0.3, -0.25) is 4.98 Å². The first-order valence-electron chi connectivity index (χ1n) is 6.81. The fourth-order valence-electron chi connectivity index (χ4n) is 4.04. The molecule has 0 amide bonds. The van der Waals surface area contributed by atoms with Gasteiger partial charge in [0.2, 0.25) is 0 Å². The second kappa shape index (κ2) is 3.72. The minimum Gasteiger partial charge on any atom is -0.364 e. The summed E-state index contributed by atoms with van der Waals surface area (Å²) in [7, 11) is 0. The van der Waals surface area contributed by atoms with Crippen molar-refractivity contribution in [3.05, 3.63) is 23.0 Å². The molecule has 2 heteroatoms. The Labute approximate surface area is 104 Å². The predicted octanol–water partition coefficient (Wildman–Crippen LogP) is 3.38. The molecular weight excluding hydrogens is 208 g/mol. The van der Waals surface area contributed by atoms with Gasteiger partial charge in [0.25, 0.3) is 0 Å². The van der Waals surface area contributed by atoms with Crippen LogP contribution in [-0.4, -0.2) is 17.1 Å². The molecule has 1 aliphatic carbocycles. The third-order valence-electron chi connectivity index (χ3n) is 4.70. The van der Waals surface area contributed by atoms with E-state index in [2.05, 4.69) is 43.6 Å². The molecule has 2 bridgehead atoms. The van der Waals surface area contributed by atoms with Crippen molar-refractivity contribution in [3.63, 3.8) is 0 Å². The van der Waals surface area contributed by atoms with Crippen LogP contribution in [0.15, 0.2) is 6.07 Å². The smallest absolute Gasteiger partial charge is 0.0617 e. The van der Waals surface area contributed by atoms with Gasteiger partial charge in [-0.05, 0) is 64.5 Å². The van der Waals surface area contributed by atoms with E-state index < -0.39 is 0 Å². The van der Waals surface area contributed by atoms with Crippen molar-refractivity contribution in [1.82, 2.24) is 4.98 Å². The van der Waals surface area contributed by atoms with E-state index in [9.17, 15) is 0 Å². The van der Waals surface area contributed by atoms with Crippen LogP contribution in [0.5, 0.6) is 0 Å². The van der Waals surface area contributed by atoms with Gasteiger partial charge in [0.1, 0.15) is 0 Å². The zero-order valence-corrected chi connectivity index (χ0v) is 11.3. The fourth-order valence-corrected chi connectivity index (χ4v) is 4.04. The first kappa shape index (κ1) is 11.1. The van der Waals surface area contributed by atoms with Crippen LogP contribution in [-0.2, 0) is 0 Å². The SMILES string of the molecule is Cc1cc(C)c(N2C3CCC(C3)C2C)c(C)n1. The number of pyridine rings is 1. The number of fused-ring (bicyclic) bond motifs is 2. The van der Waals surface area contributed by atoms with Crippen LogP contribution < -0.4 is 4.90 Å². The van der Waals surface area contributed by atoms with Crippen molar-refractivity contribution in [2.45, 2.75) is 59.0 Å². The van der Waals surface area contributed by atoms with Crippen molar-refractivity contribution in [2.75, 3.05) is 4.90 Å². The summed E-state index contributed by atoms with van der Waals surface area (Å²) in [6.07, 6.45) is 4.20. The Balaban J connectivity index is 2.05. The summed E-state index contributed by atoms with van der Waals surface area (Å²) in [6.45, 7) is 8.87. The van der Waals surface area contributed by atoms with Crippen LogP contribution in [0, 0.1) is 26.7 Å². The maximum absolute atomic E-state index is 4.66. The van der Waals surface area contributed by atoms with Crippen LogP contribution in [0.4, 0.5) is 5.69 Å². The normalized spacial score (nSPS) is 31.3. The van der Waals surface area contributed by atoms with Gasteiger partial charge in [-0.1, -0.05) is 0 Å². The molecule has 1 aromatic rings. The van der Waals surface area contributed by atoms with E-state index in [1.165, 1.54) is 36.2 Å². The van der Waals surface area contributed by atoms with Crippen molar-refractivity contribution in [3.8, 4) is 0 Å². The first-order valence-corrected chi connectivity index (χ1v) is 6.81. The minimum absolute atomic E-state index is 0.704. The molecule has 0 aromatic carbocycles. The van der Waals surface area contributed by atoms with Gasteiger partial charge in [0.05, 0.1) is 11.4 Å². The lowest BCUT2D eigenvalue weighted by Gasteiger charge is -2.37. The van der Waals surface area contributed by atoms with Crippen LogP contribution in [0.25, 0.3) is 0 Å². The average Bonchev–Trinajstić information content (AvgIpc) is 2.79. The highest BCUT2D eigenvalue weighted by Crippen LogP contribution is 2.46. The van der Waals surface area contributed by atoms with Gasteiger partial charge in [-0.25, -0.2) is 0 Å². The fraction of sp³-hybridized carbons (Fsp3) is 0.667. The number of hydrogen-bond acceptors (Lipinski definition) is 2. The third-order valence-corrected chi connectivity index (χ3v) is 4.70. The second-order valence-corrected chi connectivity index (χ2v) is 5.89. The highest BCUT2D eigenvalue weighted by atomic mass is 15.2. The summed E-state index contributed by atoms with van der Waals surface area (Å²) >= 11 is 0. The van der Waals surface area contributed by atoms with Crippen LogP contribution in [0.3, 0.4) is 0 Å². The van der Waals surface area contributed by atoms with Gasteiger partial charge in [0, 0.05) is 17.8 Å².